The van der Waals surface area contributed by atoms with Crippen LogP contribution in [0.2, 0.25) is 25.7 Å². The second-order valence-corrected chi connectivity index (χ2v) is 12.3. The lowest BCUT2D eigenvalue weighted by Crippen LogP contribution is -2.31. The van der Waals surface area contributed by atoms with E-state index in [2.05, 4.69) is 33.5 Å². The Kier molecular flexibility index (Phi) is 5.67. The first-order valence-electron chi connectivity index (χ1n) is 7.16. The lowest BCUT2D eigenvalue weighted by molar-refractivity contribution is -0.157. The van der Waals surface area contributed by atoms with Crippen LogP contribution in [0.4, 0.5) is 0 Å². The summed E-state index contributed by atoms with van der Waals surface area (Å²) in [6.45, 7) is 12.3. The van der Waals surface area contributed by atoms with Crippen LogP contribution in [0.5, 0.6) is 0 Å². The highest BCUT2D eigenvalue weighted by molar-refractivity contribution is 6.76. The van der Waals surface area contributed by atoms with Crippen LogP contribution < -0.4 is 0 Å². The van der Waals surface area contributed by atoms with Gasteiger partial charge in [-0.2, -0.15) is 0 Å². The molecular formula is C14H30O2Si. The number of rotatable bonds is 7. The van der Waals surface area contributed by atoms with Gasteiger partial charge in [-0.05, 0) is 19.4 Å². The van der Waals surface area contributed by atoms with Gasteiger partial charge in [-0.3, -0.25) is 0 Å². The first kappa shape index (κ1) is 15.2. The van der Waals surface area contributed by atoms with Gasteiger partial charge in [-0.25, -0.2) is 0 Å². The van der Waals surface area contributed by atoms with Crippen molar-refractivity contribution in [1.29, 1.82) is 0 Å². The van der Waals surface area contributed by atoms with Gasteiger partial charge < -0.3 is 9.47 Å². The fourth-order valence-corrected chi connectivity index (χ4v) is 4.04. The second-order valence-electron chi connectivity index (χ2n) is 6.76. The van der Waals surface area contributed by atoms with Crippen molar-refractivity contribution in [3.63, 3.8) is 0 Å². The van der Waals surface area contributed by atoms with Crippen molar-refractivity contribution in [3.05, 3.63) is 0 Å². The van der Waals surface area contributed by atoms with E-state index in [0.717, 1.165) is 13.0 Å². The Balaban J connectivity index is 2.27. The topological polar surface area (TPSA) is 18.5 Å². The van der Waals surface area contributed by atoms with Crippen molar-refractivity contribution in [3.8, 4) is 0 Å². The molecule has 1 fully saturated rings. The van der Waals surface area contributed by atoms with Gasteiger partial charge in [0, 0.05) is 14.5 Å². The van der Waals surface area contributed by atoms with Crippen LogP contribution >= 0.6 is 0 Å². The molecule has 0 aliphatic carbocycles. The maximum Gasteiger partial charge on any atom is 0.166 e. The molecule has 1 saturated heterocycles. The van der Waals surface area contributed by atoms with Gasteiger partial charge >= 0.3 is 0 Å². The van der Waals surface area contributed by atoms with Crippen LogP contribution in [-0.2, 0) is 9.47 Å². The Morgan fingerprint density at radius 2 is 1.88 bits per heavy atom. The van der Waals surface area contributed by atoms with Gasteiger partial charge in [0.2, 0.25) is 0 Å². The first-order chi connectivity index (χ1) is 7.85. The summed E-state index contributed by atoms with van der Waals surface area (Å²) in [7, 11) is -1.03. The molecule has 102 valence electrons. The summed E-state index contributed by atoms with van der Waals surface area (Å²) >= 11 is 0. The van der Waals surface area contributed by atoms with Gasteiger partial charge in [0.1, 0.15) is 0 Å². The van der Waals surface area contributed by atoms with Crippen LogP contribution in [0.15, 0.2) is 0 Å². The lowest BCUT2D eigenvalue weighted by Gasteiger charge is -2.25. The Labute approximate surface area is 108 Å². The molecule has 0 aromatic heterocycles. The molecule has 2 nitrogen and oxygen atoms in total. The van der Waals surface area contributed by atoms with Crippen LogP contribution in [0, 0.1) is 0 Å². The molecule has 1 heterocycles. The van der Waals surface area contributed by atoms with Crippen LogP contribution in [0.3, 0.4) is 0 Å². The Hall–Kier alpha value is 0.137. The van der Waals surface area contributed by atoms with Gasteiger partial charge in [-0.15, -0.1) is 0 Å². The molecule has 0 saturated carbocycles. The predicted molar refractivity (Wildman–Crippen MR) is 76.1 cm³/mol. The zero-order valence-electron chi connectivity index (χ0n) is 12.3. The molecule has 1 rings (SSSR count). The molecule has 1 aliphatic rings. The summed E-state index contributed by atoms with van der Waals surface area (Å²) in [5.41, 5.74) is 0. The van der Waals surface area contributed by atoms with Crippen molar-refractivity contribution in [2.45, 2.75) is 83.5 Å². The summed E-state index contributed by atoms with van der Waals surface area (Å²) in [6, 6.07) is 1.22. The van der Waals surface area contributed by atoms with E-state index in [0.29, 0.717) is 6.10 Å². The minimum atomic E-state index is -1.03. The third-order valence-corrected chi connectivity index (χ3v) is 5.00. The van der Waals surface area contributed by atoms with E-state index in [9.17, 15) is 0 Å². The standard InChI is InChI=1S/C14H30O2Si/c1-6-7-8-9-10-14(2)15-11-13(16-14)12-17(3,4)5/h13H,6-12H2,1-5H3. The SMILES string of the molecule is CCCCCCC1(C)OCC(C[Si](C)(C)C)O1. The number of ether oxygens (including phenoxy) is 2. The normalized spacial score (nSPS) is 29.8. The summed E-state index contributed by atoms with van der Waals surface area (Å²) in [6.07, 6.45) is 6.54. The minimum Gasteiger partial charge on any atom is -0.348 e. The molecular weight excluding hydrogens is 228 g/mol. The zero-order valence-corrected chi connectivity index (χ0v) is 13.3. The fourth-order valence-electron chi connectivity index (χ4n) is 2.48. The third kappa shape index (κ3) is 6.02. The molecule has 2 unspecified atom stereocenters. The summed E-state index contributed by atoms with van der Waals surface area (Å²) in [5.74, 6) is -0.294. The molecule has 0 aromatic carbocycles. The van der Waals surface area contributed by atoms with Crippen LogP contribution in [0.1, 0.15) is 46.0 Å². The number of hydrogen-bond acceptors (Lipinski definition) is 2. The molecule has 0 aromatic rings. The Morgan fingerprint density at radius 3 is 2.47 bits per heavy atom. The van der Waals surface area contributed by atoms with E-state index in [4.69, 9.17) is 9.47 Å². The van der Waals surface area contributed by atoms with Crippen molar-refractivity contribution in [2.75, 3.05) is 6.61 Å². The summed E-state index contributed by atoms with van der Waals surface area (Å²) < 4.78 is 12.0. The minimum absolute atomic E-state index is 0.294. The molecule has 17 heavy (non-hydrogen) atoms. The average molecular weight is 258 g/mol. The van der Waals surface area contributed by atoms with E-state index in [1.54, 1.807) is 0 Å². The largest absolute Gasteiger partial charge is 0.348 e. The quantitative estimate of drug-likeness (QED) is 0.497. The monoisotopic (exact) mass is 258 g/mol. The van der Waals surface area contributed by atoms with E-state index in [-0.39, 0.29) is 5.79 Å². The summed E-state index contributed by atoms with van der Waals surface area (Å²) in [5, 5.41) is 0. The van der Waals surface area contributed by atoms with Crippen molar-refractivity contribution in [1.82, 2.24) is 0 Å². The maximum absolute atomic E-state index is 6.12. The van der Waals surface area contributed by atoms with Gasteiger partial charge in [0.05, 0.1) is 12.7 Å². The van der Waals surface area contributed by atoms with Gasteiger partial charge in [0.15, 0.2) is 5.79 Å². The first-order valence-corrected chi connectivity index (χ1v) is 10.9. The maximum atomic E-state index is 6.12. The molecule has 0 radical (unpaired) electrons. The highest BCUT2D eigenvalue weighted by atomic mass is 28.3. The number of unbranched alkanes of at least 4 members (excludes halogenated alkanes) is 3. The average Bonchev–Trinajstić information content (AvgIpc) is 2.53. The highest BCUT2D eigenvalue weighted by Crippen LogP contribution is 2.32. The Bertz CT molecular complexity index is 225. The predicted octanol–water partition coefficient (Wildman–Crippen LogP) is 4.43. The van der Waals surface area contributed by atoms with Crippen LogP contribution in [0.25, 0.3) is 0 Å². The lowest BCUT2D eigenvalue weighted by atomic mass is 10.1. The van der Waals surface area contributed by atoms with Crippen LogP contribution in [-0.4, -0.2) is 26.6 Å². The molecule has 0 amide bonds. The fraction of sp³-hybridized carbons (Fsp3) is 1.00. The Morgan fingerprint density at radius 1 is 1.18 bits per heavy atom. The highest BCUT2D eigenvalue weighted by Gasteiger charge is 2.38. The molecule has 0 bridgehead atoms. The smallest absolute Gasteiger partial charge is 0.166 e. The zero-order chi connectivity index (χ0) is 12.9. The molecule has 3 heteroatoms. The van der Waals surface area contributed by atoms with Crippen molar-refractivity contribution >= 4 is 8.07 Å². The van der Waals surface area contributed by atoms with Crippen molar-refractivity contribution in [2.24, 2.45) is 0 Å². The van der Waals surface area contributed by atoms with Gasteiger partial charge in [-0.1, -0.05) is 45.8 Å². The van der Waals surface area contributed by atoms with E-state index < -0.39 is 8.07 Å². The van der Waals surface area contributed by atoms with Gasteiger partial charge in [0.25, 0.3) is 0 Å². The van der Waals surface area contributed by atoms with E-state index in [1.807, 2.05) is 0 Å². The van der Waals surface area contributed by atoms with E-state index >= 15 is 0 Å². The van der Waals surface area contributed by atoms with Crippen molar-refractivity contribution < 1.29 is 9.47 Å². The molecule has 2 atom stereocenters. The number of hydrogen-bond donors (Lipinski definition) is 0. The molecule has 0 N–H and O–H groups in total. The van der Waals surface area contributed by atoms with E-state index in [1.165, 1.54) is 31.7 Å². The third-order valence-electron chi connectivity index (χ3n) is 3.32. The summed E-state index contributed by atoms with van der Waals surface area (Å²) in [4.78, 5) is 0. The second kappa shape index (κ2) is 6.35. The molecule has 0 spiro atoms. The molecule has 1 aliphatic heterocycles.